The van der Waals surface area contributed by atoms with Gasteiger partial charge in [0.25, 0.3) is 0 Å². The Bertz CT molecular complexity index is 915. The highest BCUT2D eigenvalue weighted by Gasteiger charge is 2.42. The van der Waals surface area contributed by atoms with Crippen molar-refractivity contribution in [2.45, 2.75) is 37.0 Å². The first-order valence-corrected chi connectivity index (χ1v) is 10.00. The van der Waals surface area contributed by atoms with Gasteiger partial charge in [0, 0.05) is 0 Å². The second-order valence-corrected chi connectivity index (χ2v) is 8.33. The van der Waals surface area contributed by atoms with Crippen molar-refractivity contribution in [2.24, 2.45) is 5.41 Å². The monoisotopic (exact) mass is 457 g/mol. The van der Waals surface area contributed by atoms with Crippen LogP contribution >= 0.6 is 0 Å². The van der Waals surface area contributed by atoms with Gasteiger partial charge in [0.2, 0.25) is 0 Å². The molecule has 0 heterocycles. The van der Waals surface area contributed by atoms with Gasteiger partial charge in [-0.15, -0.1) is 6.58 Å². The molecule has 0 radical (unpaired) electrons. The lowest BCUT2D eigenvalue weighted by atomic mass is 9.83. The molecule has 1 rings (SSSR count). The molecule has 0 saturated heterocycles. The molecule has 166 valence electrons. The summed E-state index contributed by atoms with van der Waals surface area (Å²) in [7, 11) is -4.73. The summed E-state index contributed by atoms with van der Waals surface area (Å²) in [6.45, 7) is 4.66. The maximum Gasteiger partial charge on any atom is 0.416 e. The lowest BCUT2D eigenvalue weighted by molar-refractivity contribution is -0.152. The predicted molar refractivity (Wildman–Crippen MR) is 92.6 cm³/mol. The maximum atomic E-state index is 13.0. The Morgan fingerprint density at radius 1 is 1.13 bits per heavy atom. The average Bonchev–Trinajstić information content (AvgIpc) is 2.63. The van der Waals surface area contributed by atoms with Crippen molar-refractivity contribution in [3.05, 3.63) is 42.0 Å². The Hall–Kier alpha value is -2.55. The maximum absolute atomic E-state index is 13.0. The fourth-order valence-corrected chi connectivity index (χ4v) is 3.95. The number of alkyl halides is 6. The summed E-state index contributed by atoms with van der Waals surface area (Å²) in [4.78, 5) is 10.9. The van der Waals surface area contributed by atoms with Crippen LogP contribution in [-0.2, 0) is 31.7 Å². The van der Waals surface area contributed by atoms with Gasteiger partial charge in [-0.25, -0.2) is 8.42 Å². The van der Waals surface area contributed by atoms with Crippen molar-refractivity contribution in [2.75, 3.05) is 12.4 Å². The van der Waals surface area contributed by atoms with E-state index in [-0.39, 0.29) is 31.2 Å². The molecule has 0 unspecified atom stereocenters. The molecule has 0 saturated carbocycles. The van der Waals surface area contributed by atoms with Gasteiger partial charge in [-0.2, -0.15) is 31.6 Å². The van der Waals surface area contributed by atoms with Gasteiger partial charge < -0.3 is 4.74 Å². The predicted octanol–water partition coefficient (Wildman–Crippen LogP) is 4.54. The van der Waals surface area contributed by atoms with E-state index in [0.717, 1.165) is 6.08 Å². The minimum Gasteiger partial charge on any atom is -0.465 e. The summed E-state index contributed by atoms with van der Waals surface area (Å²) in [6.07, 6.45) is -10.3. The topological polar surface area (TPSA) is 84.2 Å². The highest BCUT2D eigenvalue weighted by atomic mass is 32.2. The molecule has 1 aromatic carbocycles. The molecule has 0 fully saturated rings. The third kappa shape index (κ3) is 5.98. The summed E-state index contributed by atoms with van der Waals surface area (Å²) in [6, 6.07) is 1.59. The number of halogens is 6. The lowest BCUT2D eigenvalue weighted by Crippen LogP contribution is -2.33. The van der Waals surface area contributed by atoms with Gasteiger partial charge in [0.1, 0.15) is 0 Å². The van der Waals surface area contributed by atoms with Crippen LogP contribution < -0.4 is 0 Å². The number of hydrogen-bond donors (Lipinski definition) is 0. The molecule has 5 nitrogen and oxygen atoms in total. The van der Waals surface area contributed by atoms with Gasteiger partial charge in [-0.05, 0) is 38.0 Å². The van der Waals surface area contributed by atoms with E-state index in [0.29, 0.717) is 0 Å². The van der Waals surface area contributed by atoms with Crippen LogP contribution in [0.15, 0.2) is 35.7 Å². The van der Waals surface area contributed by atoms with Crippen LogP contribution in [0.1, 0.15) is 30.9 Å². The Kier molecular flexibility index (Phi) is 7.71. The summed E-state index contributed by atoms with van der Waals surface area (Å²) in [5.74, 6) is -2.13. The van der Waals surface area contributed by atoms with Crippen LogP contribution in [0.4, 0.5) is 26.3 Å². The minimum absolute atomic E-state index is 0.0799. The third-order valence-corrected chi connectivity index (χ3v) is 5.79. The zero-order chi connectivity index (χ0) is 23.4. The first-order valence-electron chi connectivity index (χ1n) is 8.34. The number of carbonyl (C=O) groups is 1. The van der Waals surface area contributed by atoms with Gasteiger partial charge in [-0.3, -0.25) is 4.79 Å². The second kappa shape index (κ2) is 9.07. The van der Waals surface area contributed by atoms with Gasteiger partial charge >= 0.3 is 18.3 Å². The van der Waals surface area contributed by atoms with E-state index < -0.39 is 61.8 Å². The number of hydrogen-bond acceptors (Lipinski definition) is 5. The molecule has 0 N–H and O–H groups in total. The lowest BCUT2D eigenvalue weighted by Gasteiger charge is -2.23. The van der Waals surface area contributed by atoms with E-state index in [1.165, 1.54) is 6.92 Å². The Labute approximate surface area is 168 Å². The third-order valence-electron chi connectivity index (χ3n) is 4.09. The van der Waals surface area contributed by atoms with Crippen molar-refractivity contribution < 1.29 is 44.3 Å². The number of sulfone groups is 1. The van der Waals surface area contributed by atoms with Crippen LogP contribution in [-0.4, -0.2) is 26.7 Å². The number of esters is 1. The standard InChI is InChI=1S/C18H17F6NO4S/c1-3-5-16(11-25,15(26)29-4-2)6-7-30(27,28)14-9-12(17(19,20)21)8-13(10-14)18(22,23)24/h3,8-10H,1,4-7H2,2H3/t16-/m1/s1. The van der Waals surface area contributed by atoms with Crippen LogP contribution in [0.25, 0.3) is 0 Å². The molecule has 30 heavy (non-hydrogen) atoms. The SMILES string of the molecule is C=CC[C@](C#N)(CCS(=O)(=O)c1cc(C(F)(F)F)cc(C(F)(F)F)c1)C(=O)OCC. The first-order chi connectivity index (χ1) is 13.6. The highest BCUT2D eigenvalue weighted by molar-refractivity contribution is 7.91. The van der Waals surface area contributed by atoms with Crippen molar-refractivity contribution >= 4 is 15.8 Å². The molecule has 0 aromatic heterocycles. The van der Waals surface area contributed by atoms with Crippen molar-refractivity contribution in [1.82, 2.24) is 0 Å². The number of nitriles is 1. The molecular formula is C18H17F6NO4S. The average molecular weight is 457 g/mol. The van der Waals surface area contributed by atoms with Crippen molar-refractivity contribution in [3.63, 3.8) is 0 Å². The zero-order valence-corrected chi connectivity index (χ0v) is 16.4. The molecule has 12 heteroatoms. The van der Waals surface area contributed by atoms with E-state index in [1.54, 1.807) is 6.07 Å². The van der Waals surface area contributed by atoms with Crippen molar-refractivity contribution in [1.29, 1.82) is 5.26 Å². The van der Waals surface area contributed by atoms with Gasteiger partial charge in [0.05, 0.1) is 34.5 Å². The van der Waals surface area contributed by atoms with E-state index in [9.17, 15) is 44.8 Å². The first kappa shape index (κ1) is 25.5. The van der Waals surface area contributed by atoms with Crippen LogP contribution in [0.5, 0.6) is 0 Å². The molecule has 1 aromatic rings. The molecule has 0 aliphatic rings. The summed E-state index contributed by atoms with van der Waals surface area (Å²) in [5.41, 5.74) is -5.59. The summed E-state index contributed by atoms with van der Waals surface area (Å²) >= 11 is 0. The zero-order valence-electron chi connectivity index (χ0n) is 15.6. The van der Waals surface area contributed by atoms with E-state index in [4.69, 9.17) is 4.74 Å². The molecular weight excluding hydrogens is 440 g/mol. The Morgan fingerprint density at radius 2 is 1.63 bits per heavy atom. The van der Waals surface area contributed by atoms with E-state index >= 15 is 0 Å². The molecule has 1 atom stereocenters. The largest absolute Gasteiger partial charge is 0.465 e. The van der Waals surface area contributed by atoms with Crippen LogP contribution in [0.2, 0.25) is 0 Å². The van der Waals surface area contributed by atoms with Crippen LogP contribution in [0, 0.1) is 16.7 Å². The molecule has 0 bridgehead atoms. The normalized spacial score (nSPS) is 14.5. The van der Waals surface area contributed by atoms with Crippen molar-refractivity contribution in [3.8, 4) is 6.07 Å². The van der Waals surface area contributed by atoms with Crippen LogP contribution in [0.3, 0.4) is 0 Å². The number of carbonyl (C=O) groups excluding carboxylic acids is 1. The second-order valence-electron chi connectivity index (χ2n) is 6.22. The van der Waals surface area contributed by atoms with E-state index in [2.05, 4.69) is 6.58 Å². The molecule has 0 aliphatic carbocycles. The molecule has 0 spiro atoms. The summed E-state index contributed by atoms with van der Waals surface area (Å²) < 4.78 is 108. The number of ether oxygens (including phenoxy) is 1. The number of benzene rings is 1. The van der Waals surface area contributed by atoms with Gasteiger partial charge in [-0.1, -0.05) is 6.08 Å². The molecule has 0 amide bonds. The van der Waals surface area contributed by atoms with Gasteiger partial charge in [0.15, 0.2) is 15.3 Å². The smallest absolute Gasteiger partial charge is 0.416 e. The molecule has 0 aliphatic heterocycles. The highest BCUT2D eigenvalue weighted by Crippen LogP contribution is 2.38. The fourth-order valence-electron chi connectivity index (χ4n) is 2.48. The quantitative estimate of drug-likeness (QED) is 0.325. The summed E-state index contributed by atoms with van der Waals surface area (Å²) in [5, 5.41) is 9.38. The Morgan fingerprint density at radius 3 is 2.00 bits per heavy atom. The Balaban J connectivity index is 3.42. The fraction of sp³-hybridized carbons (Fsp3) is 0.444. The van der Waals surface area contributed by atoms with E-state index in [1.807, 2.05) is 0 Å². The number of rotatable bonds is 8. The minimum atomic E-state index is -5.23. The number of nitrogens with zero attached hydrogens (tertiary/aromatic N) is 1. The number of allylic oxidation sites excluding steroid dienone is 1.